The van der Waals surface area contributed by atoms with Crippen LogP contribution in [0.2, 0.25) is 0 Å². The van der Waals surface area contributed by atoms with Crippen molar-refractivity contribution < 1.29 is 9.21 Å². The molecular formula is C17H15NO2. The summed E-state index contributed by atoms with van der Waals surface area (Å²) in [6.45, 7) is 0. The van der Waals surface area contributed by atoms with Gasteiger partial charge in [-0.05, 0) is 31.0 Å². The van der Waals surface area contributed by atoms with Gasteiger partial charge in [-0.1, -0.05) is 24.6 Å². The standard InChI is InChI=1S/C17H15NO2/c19-17(11-4-3-5-11)18-12-8-9-14-13-6-1-2-7-15(13)20-16(14)10-12/h1-2,6-11H,3-5H2,(H,18,19). The number of rotatable bonds is 2. The normalized spacial score (nSPS) is 15.4. The van der Waals surface area contributed by atoms with Gasteiger partial charge in [-0.15, -0.1) is 0 Å². The lowest BCUT2D eigenvalue weighted by molar-refractivity contribution is -0.122. The first-order valence-electron chi connectivity index (χ1n) is 7.03. The average molecular weight is 265 g/mol. The highest BCUT2D eigenvalue weighted by Gasteiger charge is 2.25. The first kappa shape index (κ1) is 11.5. The van der Waals surface area contributed by atoms with Crippen LogP contribution in [0, 0.1) is 5.92 Å². The Kier molecular flexibility index (Phi) is 2.52. The maximum Gasteiger partial charge on any atom is 0.227 e. The number of para-hydroxylation sites is 1. The smallest absolute Gasteiger partial charge is 0.227 e. The summed E-state index contributed by atoms with van der Waals surface area (Å²) in [5.41, 5.74) is 2.51. The molecule has 1 aliphatic carbocycles. The van der Waals surface area contributed by atoms with Crippen molar-refractivity contribution in [1.29, 1.82) is 0 Å². The van der Waals surface area contributed by atoms with E-state index in [9.17, 15) is 4.79 Å². The Morgan fingerprint density at radius 3 is 2.65 bits per heavy atom. The molecule has 1 heterocycles. The van der Waals surface area contributed by atoms with Crippen molar-refractivity contribution in [1.82, 2.24) is 0 Å². The second-order valence-corrected chi connectivity index (χ2v) is 5.43. The van der Waals surface area contributed by atoms with Gasteiger partial charge < -0.3 is 9.73 Å². The van der Waals surface area contributed by atoms with Crippen LogP contribution in [0.1, 0.15) is 19.3 Å². The number of furan rings is 1. The number of carbonyl (C=O) groups excluding carboxylic acids is 1. The van der Waals surface area contributed by atoms with Crippen molar-refractivity contribution in [3.05, 3.63) is 42.5 Å². The average Bonchev–Trinajstić information content (AvgIpc) is 2.74. The van der Waals surface area contributed by atoms with Crippen molar-refractivity contribution in [2.45, 2.75) is 19.3 Å². The summed E-state index contributed by atoms with van der Waals surface area (Å²) in [4.78, 5) is 12.0. The van der Waals surface area contributed by atoms with Gasteiger partial charge in [0.25, 0.3) is 0 Å². The molecule has 0 bridgehead atoms. The fourth-order valence-electron chi connectivity index (χ4n) is 2.72. The minimum absolute atomic E-state index is 0.131. The molecule has 3 nitrogen and oxygen atoms in total. The number of carbonyl (C=O) groups is 1. The summed E-state index contributed by atoms with van der Waals surface area (Å²) in [6, 6.07) is 13.8. The first-order chi connectivity index (χ1) is 9.81. The third-order valence-electron chi connectivity index (χ3n) is 4.12. The van der Waals surface area contributed by atoms with Crippen molar-refractivity contribution in [2.24, 2.45) is 5.92 Å². The predicted octanol–water partition coefficient (Wildman–Crippen LogP) is 4.32. The first-order valence-corrected chi connectivity index (χ1v) is 7.03. The van der Waals surface area contributed by atoms with Crippen LogP contribution in [-0.4, -0.2) is 5.91 Å². The third-order valence-corrected chi connectivity index (χ3v) is 4.12. The topological polar surface area (TPSA) is 42.2 Å². The summed E-state index contributed by atoms with van der Waals surface area (Å²) in [7, 11) is 0. The van der Waals surface area contributed by atoms with Crippen LogP contribution in [0.25, 0.3) is 21.9 Å². The summed E-state index contributed by atoms with van der Waals surface area (Å²) < 4.78 is 5.82. The largest absolute Gasteiger partial charge is 0.456 e. The molecule has 100 valence electrons. The number of nitrogens with one attached hydrogen (secondary N) is 1. The van der Waals surface area contributed by atoms with Gasteiger partial charge in [-0.25, -0.2) is 0 Å². The zero-order valence-electron chi connectivity index (χ0n) is 11.1. The molecule has 3 aromatic rings. The summed E-state index contributed by atoms with van der Waals surface area (Å²) >= 11 is 0. The highest BCUT2D eigenvalue weighted by atomic mass is 16.3. The highest BCUT2D eigenvalue weighted by Crippen LogP contribution is 2.31. The summed E-state index contributed by atoms with van der Waals surface area (Å²) in [5.74, 6) is 0.327. The molecule has 0 atom stereocenters. The van der Waals surface area contributed by atoms with Gasteiger partial charge in [-0.2, -0.15) is 0 Å². The SMILES string of the molecule is O=C(Nc1ccc2c(c1)oc1ccccc12)C1CCC1. The van der Waals surface area contributed by atoms with E-state index in [4.69, 9.17) is 4.42 Å². The van der Waals surface area contributed by atoms with E-state index in [0.29, 0.717) is 0 Å². The molecule has 1 fully saturated rings. The summed E-state index contributed by atoms with van der Waals surface area (Å²) in [5, 5.41) is 5.18. The molecule has 0 saturated heterocycles. The minimum atomic E-state index is 0.131. The third kappa shape index (κ3) is 1.78. The van der Waals surface area contributed by atoms with Gasteiger partial charge in [0.15, 0.2) is 0 Å². The van der Waals surface area contributed by atoms with Crippen molar-refractivity contribution in [2.75, 3.05) is 5.32 Å². The number of fused-ring (bicyclic) bond motifs is 3. The Morgan fingerprint density at radius 2 is 1.85 bits per heavy atom. The van der Waals surface area contributed by atoms with Crippen LogP contribution >= 0.6 is 0 Å². The van der Waals surface area contributed by atoms with Gasteiger partial charge in [0.1, 0.15) is 11.2 Å². The van der Waals surface area contributed by atoms with Crippen molar-refractivity contribution in [3.63, 3.8) is 0 Å². The molecular weight excluding hydrogens is 250 g/mol. The number of amides is 1. The quantitative estimate of drug-likeness (QED) is 0.749. The Morgan fingerprint density at radius 1 is 1.05 bits per heavy atom. The maximum absolute atomic E-state index is 12.0. The van der Waals surface area contributed by atoms with E-state index in [-0.39, 0.29) is 11.8 Å². The predicted molar refractivity (Wildman–Crippen MR) is 79.7 cm³/mol. The zero-order valence-corrected chi connectivity index (χ0v) is 11.1. The second kappa shape index (κ2) is 4.37. The molecule has 3 heteroatoms. The second-order valence-electron chi connectivity index (χ2n) is 5.43. The van der Waals surface area contributed by atoms with E-state index < -0.39 is 0 Å². The zero-order chi connectivity index (χ0) is 13.5. The van der Waals surface area contributed by atoms with Gasteiger partial charge in [0, 0.05) is 28.4 Å². The Bertz CT molecular complexity index is 799. The fraction of sp³-hybridized carbons (Fsp3) is 0.235. The number of hydrogen-bond donors (Lipinski definition) is 1. The molecule has 1 amide bonds. The molecule has 0 aliphatic heterocycles. The van der Waals surface area contributed by atoms with E-state index in [0.717, 1.165) is 40.5 Å². The van der Waals surface area contributed by atoms with Crippen LogP contribution in [0.15, 0.2) is 46.9 Å². The summed E-state index contributed by atoms with van der Waals surface area (Å²) in [6.07, 6.45) is 3.19. The molecule has 0 spiro atoms. The monoisotopic (exact) mass is 265 g/mol. The van der Waals surface area contributed by atoms with E-state index in [1.165, 1.54) is 6.42 Å². The lowest BCUT2D eigenvalue weighted by atomic mass is 9.85. The molecule has 0 unspecified atom stereocenters. The fourth-order valence-corrected chi connectivity index (χ4v) is 2.72. The van der Waals surface area contributed by atoms with Gasteiger partial charge in [0.2, 0.25) is 5.91 Å². The van der Waals surface area contributed by atoms with Crippen LogP contribution in [0.5, 0.6) is 0 Å². The van der Waals surface area contributed by atoms with Gasteiger partial charge in [-0.3, -0.25) is 4.79 Å². The lowest BCUT2D eigenvalue weighted by Crippen LogP contribution is -2.27. The van der Waals surface area contributed by atoms with Gasteiger partial charge in [0.05, 0.1) is 0 Å². The van der Waals surface area contributed by atoms with Crippen molar-refractivity contribution >= 4 is 33.5 Å². The van der Waals surface area contributed by atoms with E-state index in [2.05, 4.69) is 5.32 Å². The minimum Gasteiger partial charge on any atom is -0.456 e. The van der Waals surface area contributed by atoms with Crippen LogP contribution in [-0.2, 0) is 4.79 Å². The highest BCUT2D eigenvalue weighted by molar-refractivity contribution is 6.06. The van der Waals surface area contributed by atoms with Crippen molar-refractivity contribution in [3.8, 4) is 0 Å². The van der Waals surface area contributed by atoms with Crippen LogP contribution < -0.4 is 5.32 Å². The number of benzene rings is 2. The number of hydrogen-bond acceptors (Lipinski definition) is 2. The Hall–Kier alpha value is -2.29. The molecule has 4 rings (SSSR count). The Balaban J connectivity index is 1.71. The van der Waals surface area contributed by atoms with E-state index in [1.807, 2.05) is 42.5 Å². The molecule has 1 saturated carbocycles. The lowest BCUT2D eigenvalue weighted by Gasteiger charge is -2.23. The van der Waals surface area contributed by atoms with Crippen LogP contribution in [0.3, 0.4) is 0 Å². The molecule has 1 aliphatic rings. The molecule has 0 radical (unpaired) electrons. The molecule has 1 aromatic heterocycles. The van der Waals surface area contributed by atoms with Crippen LogP contribution in [0.4, 0.5) is 5.69 Å². The molecule has 1 N–H and O–H groups in total. The molecule has 20 heavy (non-hydrogen) atoms. The van der Waals surface area contributed by atoms with E-state index >= 15 is 0 Å². The number of anilines is 1. The van der Waals surface area contributed by atoms with E-state index in [1.54, 1.807) is 0 Å². The molecule has 2 aromatic carbocycles. The van der Waals surface area contributed by atoms with Gasteiger partial charge >= 0.3 is 0 Å². The maximum atomic E-state index is 12.0. The Labute approximate surface area is 116 Å².